The summed E-state index contributed by atoms with van der Waals surface area (Å²) in [5, 5.41) is 10.9. The molecular weight excluding hydrogens is 279 g/mol. The van der Waals surface area contributed by atoms with E-state index in [1.54, 1.807) is 0 Å². The molecule has 0 saturated heterocycles. The summed E-state index contributed by atoms with van der Waals surface area (Å²) in [4.78, 5) is 0. The summed E-state index contributed by atoms with van der Waals surface area (Å²) in [5.41, 5.74) is 9.26. The second kappa shape index (κ2) is 6.42. The lowest BCUT2D eigenvalue weighted by Gasteiger charge is -2.01. The van der Waals surface area contributed by atoms with Crippen molar-refractivity contribution < 1.29 is 0 Å². The van der Waals surface area contributed by atoms with Gasteiger partial charge in [0.05, 0.1) is 5.71 Å². The molecule has 0 aliphatic rings. The number of rotatable bonds is 2. The number of benzene rings is 1. The molecule has 6 heteroatoms. The summed E-state index contributed by atoms with van der Waals surface area (Å²) in [6.45, 7) is 1.84. The smallest absolute Gasteiger partial charge is 0.206 e. The van der Waals surface area contributed by atoms with Crippen LogP contribution in [0.5, 0.6) is 0 Å². The molecule has 0 heterocycles. The Kier molecular flexibility index (Phi) is 5.96. The molecule has 0 radical (unpaired) electrons. The molecule has 0 atom stereocenters. The zero-order chi connectivity index (χ0) is 10.6. The molecule has 0 fully saturated rings. The molecule has 1 rings (SSSR count). The quantitative estimate of drug-likeness (QED) is 0.443. The summed E-state index contributed by atoms with van der Waals surface area (Å²) >= 11 is 3.37. The molecule has 0 amide bonds. The molecule has 4 nitrogen and oxygen atoms in total. The van der Waals surface area contributed by atoms with Gasteiger partial charge >= 0.3 is 0 Å². The molecule has 1 aromatic rings. The number of nitrogens with two attached hydrogens (primary N) is 1. The molecule has 15 heavy (non-hydrogen) atoms. The van der Waals surface area contributed by atoms with Crippen LogP contribution < -0.4 is 11.2 Å². The molecule has 0 aliphatic heterocycles. The molecule has 82 valence electrons. The van der Waals surface area contributed by atoms with Crippen molar-refractivity contribution >= 4 is 40.0 Å². The van der Waals surface area contributed by atoms with Crippen molar-refractivity contribution in [1.29, 1.82) is 5.41 Å². The second-order valence-electron chi connectivity index (χ2n) is 2.73. The average molecular weight is 292 g/mol. The molecule has 0 bridgehead atoms. The van der Waals surface area contributed by atoms with Crippen LogP contribution in [0.15, 0.2) is 33.8 Å². The lowest BCUT2D eigenvalue weighted by atomic mass is 10.1. The molecule has 4 N–H and O–H groups in total. The maximum absolute atomic E-state index is 6.94. The van der Waals surface area contributed by atoms with Crippen LogP contribution >= 0.6 is 28.3 Å². The average Bonchev–Trinajstić information content (AvgIpc) is 2.14. The third kappa shape index (κ3) is 4.80. The Morgan fingerprint density at radius 3 is 2.73 bits per heavy atom. The van der Waals surface area contributed by atoms with Crippen molar-refractivity contribution in [1.82, 2.24) is 5.43 Å². The Morgan fingerprint density at radius 2 is 2.20 bits per heavy atom. The van der Waals surface area contributed by atoms with Gasteiger partial charge in [-0.25, -0.2) is 5.43 Å². The van der Waals surface area contributed by atoms with Crippen molar-refractivity contribution in [2.24, 2.45) is 10.8 Å². The van der Waals surface area contributed by atoms with Crippen molar-refractivity contribution in [3.8, 4) is 0 Å². The fourth-order valence-corrected chi connectivity index (χ4v) is 1.32. The summed E-state index contributed by atoms with van der Waals surface area (Å²) in [7, 11) is 0. The van der Waals surface area contributed by atoms with Crippen LogP contribution in [-0.4, -0.2) is 11.7 Å². The van der Waals surface area contributed by atoms with Crippen LogP contribution in [0.1, 0.15) is 12.5 Å². The molecule has 0 aliphatic carbocycles. The first-order chi connectivity index (χ1) is 6.59. The topological polar surface area (TPSA) is 74.3 Å². The van der Waals surface area contributed by atoms with Crippen molar-refractivity contribution in [2.75, 3.05) is 0 Å². The van der Waals surface area contributed by atoms with E-state index in [0.29, 0.717) is 0 Å². The summed E-state index contributed by atoms with van der Waals surface area (Å²) in [6.07, 6.45) is 0. The van der Waals surface area contributed by atoms with E-state index in [0.717, 1.165) is 15.7 Å². The van der Waals surface area contributed by atoms with Gasteiger partial charge in [0.15, 0.2) is 0 Å². The van der Waals surface area contributed by atoms with Gasteiger partial charge in [-0.1, -0.05) is 28.1 Å². The maximum atomic E-state index is 6.94. The SMILES string of the molecule is C/C(=N\NC(=N)N)c1cccc(Br)c1.Cl. The Bertz CT molecular complexity index is 378. The minimum Gasteiger partial charge on any atom is -0.369 e. The minimum absolute atomic E-state index is 0. The zero-order valence-electron chi connectivity index (χ0n) is 8.12. The van der Waals surface area contributed by atoms with Gasteiger partial charge in [0.1, 0.15) is 0 Å². The monoisotopic (exact) mass is 290 g/mol. The summed E-state index contributed by atoms with van der Waals surface area (Å²) < 4.78 is 0.993. The van der Waals surface area contributed by atoms with Gasteiger partial charge in [-0.3, -0.25) is 5.41 Å². The van der Waals surface area contributed by atoms with Gasteiger partial charge in [0.25, 0.3) is 0 Å². The molecule has 0 aromatic heterocycles. The molecule has 0 spiro atoms. The number of guanidine groups is 1. The Morgan fingerprint density at radius 1 is 1.53 bits per heavy atom. The van der Waals surface area contributed by atoms with Crippen molar-refractivity contribution in [3.05, 3.63) is 34.3 Å². The fraction of sp³-hybridized carbons (Fsp3) is 0.111. The highest BCUT2D eigenvalue weighted by Gasteiger charge is 1.97. The zero-order valence-corrected chi connectivity index (χ0v) is 10.5. The lowest BCUT2D eigenvalue weighted by molar-refractivity contribution is 0.992. The van der Waals surface area contributed by atoms with Gasteiger partial charge in [-0.05, 0) is 24.6 Å². The second-order valence-corrected chi connectivity index (χ2v) is 3.65. The number of halogens is 2. The van der Waals surface area contributed by atoms with Crippen molar-refractivity contribution in [3.63, 3.8) is 0 Å². The highest BCUT2D eigenvalue weighted by molar-refractivity contribution is 9.10. The summed E-state index contributed by atoms with van der Waals surface area (Å²) in [6, 6.07) is 7.74. The van der Waals surface area contributed by atoms with Crippen LogP contribution in [0.3, 0.4) is 0 Å². The van der Waals surface area contributed by atoms with E-state index in [1.807, 2.05) is 31.2 Å². The van der Waals surface area contributed by atoms with Crippen molar-refractivity contribution in [2.45, 2.75) is 6.92 Å². The third-order valence-electron chi connectivity index (χ3n) is 1.59. The first-order valence-electron chi connectivity index (χ1n) is 4.00. The predicted molar refractivity (Wildman–Crippen MR) is 68.7 cm³/mol. The van der Waals surface area contributed by atoms with Gasteiger partial charge < -0.3 is 5.73 Å². The van der Waals surface area contributed by atoms with E-state index < -0.39 is 0 Å². The third-order valence-corrected chi connectivity index (χ3v) is 2.08. The lowest BCUT2D eigenvalue weighted by Crippen LogP contribution is -2.26. The van der Waals surface area contributed by atoms with Crippen LogP contribution in [-0.2, 0) is 0 Å². The van der Waals surface area contributed by atoms with E-state index in [2.05, 4.69) is 26.5 Å². The number of hydrazone groups is 1. The highest BCUT2D eigenvalue weighted by Crippen LogP contribution is 2.12. The first kappa shape index (κ1) is 13.9. The minimum atomic E-state index is -0.167. The predicted octanol–water partition coefficient (Wildman–Crippen LogP) is 2.08. The number of nitrogens with one attached hydrogen (secondary N) is 2. The molecule has 1 aromatic carbocycles. The Labute approximate surface area is 103 Å². The summed E-state index contributed by atoms with van der Waals surface area (Å²) in [5.74, 6) is -0.167. The number of nitrogens with zero attached hydrogens (tertiary/aromatic N) is 1. The number of hydrogen-bond donors (Lipinski definition) is 3. The Balaban J connectivity index is 0.00000196. The molecular formula is C9H12BrClN4. The van der Waals surface area contributed by atoms with Crippen LogP contribution in [0, 0.1) is 5.41 Å². The maximum Gasteiger partial charge on any atom is 0.206 e. The molecule has 0 unspecified atom stereocenters. The van der Waals surface area contributed by atoms with Crippen LogP contribution in [0.25, 0.3) is 0 Å². The Hall–Kier alpha value is -1.07. The van der Waals surface area contributed by atoms with Crippen LogP contribution in [0.2, 0.25) is 0 Å². The van der Waals surface area contributed by atoms with Crippen LogP contribution in [0.4, 0.5) is 0 Å². The molecule has 0 saturated carbocycles. The van der Waals surface area contributed by atoms with E-state index in [9.17, 15) is 0 Å². The van der Waals surface area contributed by atoms with E-state index in [4.69, 9.17) is 11.1 Å². The highest BCUT2D eigenvalue weighted by atomic mass is 79.9. The first-order valence-corrected chi connectivity index (χ1v) is 4.79. The normalized spacial score (nSPS) is 10.4. The standard InChI is InChI=1S/C9H11BrN4.ClH/c1-6(13-14-9(11)12)7-3-2-4-8(10)5-7;/h2-5H,1H3,(H4,11,12,14);1H/b13-6+;. The van der Waals surface area contributed by atoms with Gasteiger partial charge in [0.2, 0.25) is 5.96 Å². The van der Waals surface area contributed by atoms with E-state index >= 15 is 0 Å². The van der Waals surface area contributed by atoms with Gasteiger partial charge in [-0.2, -0.15) is 5.10 Å². The van der Waals surface area contributed by atoms with Gasteiger partial charge in [-0.15, -0.1) is 12.4 Å². The van der Waals surface area contributed by atoms with E-state index in [-0.39, 0.29) is 18.4 Å². The van der Waals surface area contributed by atoms with Gasteiger partial charge in [0, 0.05) is 4.47 Å². The fourth-order valence-electron chi connectivity index (χ4n) is 0.922. The number of hydrogen-bond acceptors (Lipinski definition) is 2. The largest absolute Gasteiger partial charge is 0.369 e. The van der Waals surface area contributed by atoms with E-state index in [1.165, 1.54) is 0 Å².